The van der Waals surface area contributed by atoms with Gasteiger partial charge in [-0.15, -0.1) is 6.58 Å². The molecule has 0 amide bonds. The first-order chi connectivity index (χ1) is 11.1. The van der Waals surface area contributed by atoms with Gasteiger partial charge in [0.25, 0.3) is 0 Å². The molecule has 0 spiro atoms. The Morgan fingerprint density at radius 2 is 2.13 bits per heavy atom. The number of esters is 1. The number of carbonyl (C=O) groups is 1. The third-order valence-corrected chi connectivity index (χ3v) is 4.09. The van der Waals surface area contributed by atoms with Gasteiger partial charge in [-0.3, -0.25) is 0 Å². The quantitative estimate of drug-likeness (QED) is 0.242. The van der Waals surface area contributed by atoms with E-state index in [-0.39, 0.29) is 6.61 Å². The van der Waals surface area contributed by atoms with E-state index in [1.807, 2.05) is 34.9 Å². The van der Waals surface area contributed by atoms with Crippen molar-refractivity contribution in [1.82, 2.24) is 4.57 Å². The van der Waals surface area contributed by atoms with Gasteiger partial charge in [0, 0.05) is 17.4 Å². The van der Waals surface area contributed by atoms with Crippen LogP contribution in [-0.2, 0) is 19.9 Å². The van der Waals surface area contributed by atoms with Crippen LogP contribution in [0.25, 0.3) is 16.7 Å². The number of hydrogen-bond donors (Lipinski definition) is 0. The summed E-state index contributed by atoms with van der Waals surface area (Å²) in [6, 6.07) is 9.79. The van der Waals surface area contributed by atoms with Crippen LogP contribution >= 0.6 is 20.1 Å². The molecule has 0 unspecified atom stereocenters. The lowest BCUT2D eigenvalue weighted by atomic mass is 10.2. The lowest BCUT2D eigenvalue weighted by Crippen LogP contribution is -2.10. The smallest absolute Gasteiger partial charge is 0.618 e. The Labute approximate surface area is 148 Å². The van der Waals surface area contributed by atoms with Crippen LogP contribution in [0.2, 0.25) is 0 Å². The molecule has 2 aromatic rings. The average Bonchev–Trinajstić information content (AvgIpc) is 2.86. The highest BCUT2D eigenvalue weighted by atomic mass is 35.7. The van der Waals surface area contributed by atoms with E-state index in [9.17, 15) is 4.79 Å². The van der Waals surface area contributed by atoms with Crippen molar-refractivity contribution in [3.63, 3.8) is 0 Å². The zero-order chi connectivity index (χ0) is 16.8. The van der Waals surface area contributed by atoms with Crippen molar-refractivity contribution in [3.05, 3.63) is 54.8 Å². The third kappa shape index (κ3) is 4.56. The van der Waals surface area contributed by atoms with E-state index in [0.29, 0.717) is 18.0 Å². The fraction of sp³-hybridized carbons (Fsp3) is 0.188. The lowest BCUT2D eigenvalue weighted by Gasteiger charge is -2.14. The summed E-state index contributed by atoms with van der Waals surface area (Å²) in [5.74, 6) is -0.191. The zero-order valence-electron chi connectivity index (χ0n) is 12.7. The largest absolute Gasteiger partial charge is 0.815 e. The number of aromatic nitrogens is 1. The monoisotopic (exact) mass is 367 g/mol. The van der Waals surface area contributed by atoms with Crippen molar-refractivity contribution in [2.75, 3.05) is 6.61 Å². The topological polar surface area (TPSA) is 40.5 Å². The Balaban J connectivity index is 2.57. The highest BCUT2D eigenvalue weighted by molar-refractivity contribution is 7.31. The van der Waals surface area contributed by atoms with E-state index in [1.165, 1.54) is 6.08 Å². The molecule has 0 atom stereocenters. The Morgan fingerprint density at radius 1 is 1.39 bits per heavy atom. The molecule has 0 bridgehead atoms. The molecular weight excluding hydrogens is 352 g/mol. The molecule has 2 rings (SSSR count). The maximum Gasteiger partial charge on any atom is 0.815 e. The van der Waals surface area contributed by atoms with E-state index in [1.54, 1.807) is 13.0 Å². The van der Waals surface area contributed by atoms with E-state index >= 15 is 0 Å². The molecule has 0 aliphatic rings. The van der Waals surface area contributed by atoms with Gasteiger partial charge >= 0.3 is 18.6 Å². The van der Waals surface area contributed by atoms with Gasteiger partial charge in [0.1, 0.15) is 5.76 Å². The number of carbonyl (C=O) groups excluding carboxylic acids is 1. The third-order valence-electron chi connectivity index (χ3n) is 3.13. The van der Waals surface area contributed by atoms with Crippen molar-refractivity contribution in [3.8, 4) is 0 Å². The number of allylic oxidation sites excluding steroid dienone is 1. The summed E-state index contributed by atoms with van der Waals surface area (Å²) in [5, 5.41) is 1.02. The fourth-order valence-electron chi connectivity index (χ4n) is 2.30. The van der Waals surface area contributed by atoms with E-state index in [2.05, 4.69) is 6.58 Å². The predicted molar refractivity (Wildman–Crippen MR) is 95.3 cm³/mol. The molecule has 0 fully saturated rings. The Kier molecular flexibility index (Phi) is 6.62. The number of ether oxygens (including phenoxy) is 1. The van der Waals surface area contributed by atoms with Crippen molar-refractivity contribution < 1.29 is 13.3 Å². The molecule has 1 aromatic carbocycles. The Bertz CT molecular complexity index is 740. The van der Waals surface area contributed by atoms with Crippen molar-refractivity contribution >= 4 is 55.4 Å². The summed E-state index contributed by atoms with van der Waals surface area (Å²) in [4.78, 5) is 11.8. The van der Waals surface area contributed by atoms with Gasteiger partial charge in [-0.2, -0.15) is 20.1 Å². The van der Waals surface area contributed by atoms with Gasteiger partial charge in [0.05, 0.1) is 18.4 Å². The molecule has 0 saturated heterocycles. The van der Waals surface area contributed by atoms with Crippen molar-refractivity contribution in [2.45, 2.75) is 13.5 Å². The molecule has 1 heterocycles. The Morgan fingerprint density at radius 3 is 2.78 bits per heavy atom. The van der Waals surface area contributed by atoms with Crippen LogP contribution in [-0.4, -0.2) is 29.8 Å². The second-order valence-electron chi connectivity index (χ2n) is 4.63. The van der Waals surface area contributed by atoms with Gasteiger partial charge in [-0.05, 0) is 19.1 Å². The molecular formula is C16H16AlCl2NO3. The summed E-state index contributed by atoms with van der Waals surface area (Å²) in [6.45, 7) is 6.35. The van der Waals surface area contributed by atoms with Gasteiger partial charge in [0.15, 0.2) is 0 Å². The molecule has 0 aliphatic heterocycles. The summed E-state index contributed by atoms with van der Waals surface area (Å²) >= 11 is -2.43. The van der Waals surface area contributed by atoms with Gasteiger partial charge in [-0.1, -0.05) is 24.3 Å². The van der Waals surface area contributed by atoms with Crippen LogP contribution in [0.3, 0.4) is 0 Å². The second-order valence-corrected chi connectivity index (χ2v) is 8.43. The van der Waals surface area contributed by atoms with Crippen LogP contribution in [0.1, 0.15) is 12.6 Å². The Hall–Kier alpha value is -1.38. The first-order valence-electron chi connectivity index (χ1n) is 7.09. The van der Waals surface area contributed by atoms with Gasteiger partial charge in [0.2, 0.25) is 0 Å². The second kappa shape index (κ2) is 8.47. The summed E-state index contributed by atoms with van der Waals surface area (Å²) < 4.78 is 12.5. The molecule has 120 valence electrons. The molecule has 0 N–H and O–H groups in total. The van der Waals surface area contributed by atoms with Gasteiger partial charge < -0.3 is 13.1 Å². The minimum absolute atomic E-state index is 0.279. The van der Waals surface area contributed by atoms with E-state index in [0.717, 1.165) is 10.9 Å². The van der Waals surface area contributed by atoms with Crippen LogP contribution in [0, 0.1) is 0 Å². The first-order valence-corrected chi connectivity index (χ1v) is 11.1. The molecule has 0 saturated carbocycles. The summed E-state index contributed by atoms with van der Waals surface area (Å²) in [7, 11) is 11.7. The highest BCUT2D eigenvalue weighted by Gasteiger charge is 2.23. The molecule has 7 heteroatoms. The van der Waals surface area contributed by atoms with Crippen LogP contribution in [0.15, 0.2) is 49.1 Å². The molecule has 4 nitrogen and oxygen atoms in total. The SMILES string of the molecule is C=CCn1c(/C(=C/C(=O)OCC)[O][Al]([Cl])[Cl])cc2ccccc21. The number of para-hydroxylation sites is 1. The maximum absolute atomic E-state index is 11.8. The number of hydrogen-bond acceptors (Lipinski definition) is 3. The van der Waals surface area contributed by atoms with Gasteiger partial charge in [-0.25, -0.2) is 4.79 Å². The standard InChI is InChI=1S/C16H17NO3.Al.2ClH/c1-3-9-17-13-8-6-5-7-12(13)10-14(17)15(18)11-16(19)20-4-2;;;/h3,5-8,10-11,18H,1,4,9H2,2H3;;2*1H/q;+3;;/p-3/b15-11-;;;. The zero-order valence-corrected chi connectivity index (χ0v) is 15.3. The molecule has 0 aliphatic carbocycles. The molecule has 0 radical (unpaired) electrons. The highest BCUT2D eigenvalue weighted by Crippen LogP contribution is 2.27. The maximum atomic E-state index is 11.8. The fourth-order valence-corrected chi connectivity index (χ4v) is 3.25. The summed E-state index contributed by atoms with van der Waals surface area (Å²) in [5.41, 5.74) is 1.71. The van der Waals surface area contributed by atoms with Crippen LogP contribution in [0.4, 0.5) is 0 Å². The minimum atomic E-state index is -2.43. The number of halogens is 2. The number of nitrogens with zero attached hydrogens (tertiary/aromatic N) is 1. The number of benzene rings is 1. The van der Waals surface area contributed by atoms with E-state index in [4.69, 9.17) is 28.6 Å². The van der Waals surface area contributed by atoms with Crippen LogP contribution in [0.5, 0.6) is 0 Å². The molecule has 23 heavy (non-hydrogen) atoms. The first kappa shape index (κ1) is 18.0. The van der Waals surface area contributed by atoms with Crippen molar-refractivity contribution in [2.24, 2.45) is 0 Å². The lowest BCUT2D eigenvalue weighted by molar-refractivity contribution is -0.137. The number of fused-ring (bicyclic) bond motifs is 1. The minimum Gasteiger partial charge on any atom is -0.618 e. The predicted octanol–water partition coefficient (Wildman–Crippen LogP) is 4.21. The average molecular weight is 368 g/mol. The van der Waals surface area contributed by atoms with Crippen LogP contribution < -0.4 is 0 Å². The molecule has 1 aromatic heterocycles. The summed E-state index contributed by atoms with van der Waals surface area (Å²) in [6.07, 6.45) is 3.05. The normalized spacial score (nSPS) is 11.3. The van der Waals surface area contributed by atoms with E-state index < -0.39 is 18.6 Å². The number of rotatable bonds is 7. The van der Waals surface area contributed by atoms with Crippen molar-refractivity contribution in [1.29, 1.82) is 0 Å².